The first-order valence-corrected chi connectivity index (χ1v) is 6.36. The second-order valence-electron chi connectivity index (χ2n) is 4.32. The zero-order chi connectivity index (χ0) is 14.4. The molecule has 0 spiro atoms. The van der Waals surface area contributed by atoms with Crippen molar-refractivity contribution in [1.82, 2.24) is 5.32 Å². The van der Waals surface area contributed by atoms with Crippen molar-refractivity contribution in [2.24, 2.45) is 5.92 Å². The highest BCUT2D eigenvalue weighted by Crippen LogP contribution is 2.19. The van der Waals surface area contributed by atoms with Crippen LogP contribution in [0.3, 0.4) is 0 Å². The Labute approximate surface area is 116 Å². The fourth-order valence-electron chi connectivity index (χ4n) is 1.63. The van der Waals surface area contributed by atoms with Crippen LogP contribution in [0.15, 0.2) is 18.2 Å². The number of nitrogens with two attached hydrogens (primary N) is 1. The highest BCUT2D eigenvalue weighted by molar-refractivity contribution is 6.33. The third-order valence-corrected chi connectivity index (χ3v) is 3.19. The lowest BCUT2D eigenvalue weighted by Crippen LogP contribution is -2.30. The number of carboxylic acid groups (broad SMARTS) is 1. The van der Waals surface area contributed by atoms with E-state index in [-0.39, 0.29) is 18.2 Å². The lowest BCUT2D eigenvalue weighted by Gasteiger charge is -2.13. The molecule has 0 bridgehead atoms. The van der Waals surface area contributed by atoms with Crippen LogP contribution in [0, 0.1) is 5.92 Å². The van der Waals surface area contributed by atoms with E-state index >= 15 is 0 Å². The smallest absolute Gasteiger partial charge is 0.303 e. The Bertz CT molecular complexity index is 477. The summed E-state index contributed by atoms with van der Waals surface area (Å²) in [5, 5.41) is 11.8. The summed E-state index contributed by atoms with van der Waals surface area (Å²) in [4.78, 5) is 22.5. The molecule has 0 radical (unpaired) electrons. The van der Waals surface area contributed by atoms with Crippen LogP contribution < -0.4 is 11.1 Å². The van der Waals surface area contributed by atoms with Crippen LogP contribution in [0.1, 0.15) is 30.1 Å². The molecule has 0 fully saturated rings. The molecule has 104 valence electrons. The molecule has 0 aliphatic carbocycles. The van der Waals surface area contributed by atoms with Crippen LogP contribution in [0.25, 0.3) is 0 Å². The Balaban J connectivity index is 2.59. The minimum Gasteiger partial charge on any atom is -0.481 e. The molecular weight excluding hydrogens is 268 g/mol. The number of hydrogen-bond acceptors (Lipinski definition) is 3. The van der Waals surface area contributed by atoms with Gasteiger partial charge in [0.1, 0.15) is 0 Å². The summed E-state index contributed by atoms with van der Waals surface area (Å²) in [6.07, 6.45) is 0.731. The molecule has 0 aromatic heterocycles. The van der Waals surface area contributed by atoms with E-state index < -0.39 is 5.97 Å². The number of rotatable bonds is 6. The van der Waals surface area contributed by atoms with Crippen LogP contribution in [0.5, 0.6) is 0 Å². The van der Waals surface area contributed by atoms with Gasteiger partial charge in [0.05, 0.1) is 10.7 Å². The maximum absolute atomic E-state index is 11.9. The van der Waals surface area contributed by atoms with Crippen molar-refractivity contribution in [3.63, 3.8) is 0 Å². The van der Waals surface area contributed by atoms with E-state index in [4.69, 9.17) is 22.4 Å². The lowest BCUT2D eigenvalue weighted by atomic mass is 10.0. The molecule has 1 atom stereocenters. The quantitative estimate of drug-likeness (QED) is 0.698. The number of amides is 1. The molecule has 4 N–H and O–H groups in total. The first-order valence-electron chi connectivity index (χ1n) is 5.99. The van der Waals surface area contributed by atoms with E-state index in [1.807, 2.05) is 6.92 Å². The summed E-state index contributed by atoms with van der Waals surface area (Å²) in [6.45, 7) is 2.21. The van der Waals surface area contributed by atoms with Crippen molar-refractivity contribution in [3.05, 3.63) is 28.8 Å². The number of anilines is 1. The molecule has 0 aliphatic rings. The van der Waals surface area contributed by atoms with Gasteiger partial charge in [-0.25, -0.2) is 0 Å². The van der Waals surface area contributed by atoms with Crippen molar-refractivity contribution in [1.29, 1.82) is 0 Å². The molecule has 6 heteroatoms. The molecule has 19 heavy (non-hydrogen) atoms. The van der Waals surface area contributed by atoms with Gasteiger partial charge in [-0.05, 0) is 24.1 Å². The van der Waals surface area contributed by atoms with Gasteiger partial charge in [-0.2, -0.15) is 0 Å². The molecule has 0 aliphatic heterocycles. The van der Waals surface area contributed by atoms with Gasteiger partial charge >= 0.3 is 5.97 Å². The van der Waals surface area contributed by atoms with Crippen molar-refractivity contribution in [2.75, 3.05) is 12.3 Å². The van der Waals surface area contributed by atoms with Crippen molar-refractivity contribution in [2.45, 2.75) is 19.8 Å². The summed E-state index contributed by atoms with van der Waals surface area (Å²) < 4.78 is 0. The Morgan fingerprint density at radius 3 is 2.68 bits per heavy atom. The molecule has 1 rings (SSSR count). The molecule has 1 aromatic carbocycles. The van der Waals surface area contributed by atoms with Gasteiger partial charge < -0.3 is 16.2 Å². The van der Waals surface area contributed by atoms with E-state index in [0.717, 1.165) is 0 Å². The van der Waals surface area contributed by atoms with E-state index in [1.54, 1.807) is 12.1 Å². The third kappa shape index (κ3) is 4.79. The molecule has 0 saturated carbocycles. The highest BCUT2D eigenvalue weighted by Gasteiger charge is 2.13. The summed E-state index contributed by atoms with van der Waals surface area (Å²) in [5.41, 5.74) is 6.37. The van der Waals surface area contributed by atoms with Crippen LogP contribution in [-0.2, 0) is 4.79 Å². The number of nitrogen functional groups attached to an aromatic ring is 1. The molecule has 0 saturated heterocycles. The number of carboxylic acids is 1. The van der Waals surface area contributed by atoms with Crippen LogP contribution in [-0.4, -0.2) is 23.5 Å². The zero-order valence-electron chi connectivity index (χ0n) is 10.6. The van der Waals surface area contributed by atoms with Crippen molar-refractivity contribution >= 4 is 29.2 Å². The van der Waals surface area contributed by atoms with E-state index in [9.17, 15) is 9.59 Å². The molecular formula is C13H17ClN2O3. The number of hydrogen-bond donors (Lipinski definition) is 3. The summed E-state index contributed by atoms with van der Waals surface area (Å²) in [6, 6.07) is 4.63. The van der Waals surface area contributed by atoms with Crippen molar-refractivity contribution in [3.8, 4) is 0 Å². The minimum absolute atomic E-state index is 0.0412. The zero-order valence-corrected chi connectivity index (χ0v) is 11.4. The number of nitrogens with one attached hydrogen (secondary N) is 1. The number of carbonyl (C=O) groups excluding carboxylic acids is 1. The van der Waals surface area contributed by atoms with E-state index in [0.29, 0.717) is 29.2 Å². The molecule has 1 amide bonds. The molecule has 5 nitrogen and oxygen atoms in total. The number of halogens is 1. The summed E-state index contributed by atoms with van der Waals surface area (Å²) in [5.74, 6) is -1.23. The largest absolute Gasteiger partial charge is 0.481 e. The van der Waals surface area contributed by atoms with Gasteiger partial charge in [-0.15, -0.1) is 0 Å². The first kappa shape index (κ1) is 15.3. The fourth-order valence-corrected chi connectivity index (χ4v) is 1.75. The SMILES string of the molecule is CCC(CNC(=O)c1ccc(Cl)c(N)c1)CC(=O)O. The maximum atomic E-state index is 11.9. The first-order chi connectivity index (χ1) is 8.93. The monoisotopic (exact) mass is 284 g/mol. The van der Waals surface area contributed by atoms with Gasteiger partial charge in [-0.1, -0.05) is 24.9 Å². The number of carbonyl (C=O) groups is 2. The molecule has 0 heterocycles. The Hall–Kier alpha value is -1.75. The van der Waals surface area contributed by atoms with Crippen LogP contribution >= 0.6 is 11.6 Å². The fraction of sp³-hybridized carbons (Fsp3) is 0.385. The van der Waals surface area contributed by atoms with Crippen LogP contribution in [0.4, 0.5) is 5.69 Å². The Morgan fingerprint density at radius 1 is 1.47 bits per heavy atom. The lowest BCUT2D eigenvalue weighted by molar-refractivity contribution is -0.138. The number of aliphatic carboxylic acids is 1. The van der Waals surface area contributed by atoms with E-state index in [2.05, 4.69) is 5.32 Å². The standard InChI is InChI=1S/C13H17ClN2O3/c1-2-8(5-12(17)18)7-16-13(19)9-3-4-10(14)11(15)6-9/h3-4,6,8H,2,5,7,15H2,1H3,(H,16,19)(H,17,18). The van der Waals surface area contributed by atoms with Gasteiger partial charge in [0.25, 0.3) is 5.91 Å². The van der Waals surface area contributed by atoms with Gasteiger partial charge in [0, 0.05) is 18.5 Å². The molecule has 1 aromatic rings. The third-order valence-electron chi connectivity index (χ3n) is 2.85. The summed E-state index contributed by atoms with van der Waals surface area (Å²) >= 11 is 5.77. The van der Waals surface area contributed by atoms with Crippen LogP contribution in [0.2, 0.25) is 5.02 Å². The second kappa shape index (κ2) is 6.99. The Morgan fingerprint density at radius 2 is 2.16 bits per heavy atom. The van der Waals surface area contributed by atoms with Gasteiger partial charge in [0.2, 0.25) is 0 Å². The average Bonchev–Trinajstić information content (AvgIpc) is 2.36. The average molecular weight is 285 g/mol. The normalized spacial score (nSPS) is 11.9. The minimum atomic E-state index is -0.864. The van der Waals surface area contributed by atoms with Gasteiger partial charge in [-0.3, -0.25) is 9.59 Å². The Kier molecular flexibility index (Phi) is 5.63. The predicted molar refractivity (Wildman–Crippen MR) is 74.2 cm³/mol. The maximum Gasteiger partial charge on any atom is 0.303 e. The molecule has 1 unspecified atom stereocenters. The highest BCUT2D eigenvalue weighted by atomic mass is 35.5. The number of benzene rings is 1. The predicted octanol–water partition coefficient (Wildman–Crippen LogP) is 2.15. The second-order valence-corrected chi connectivity index (χ2v) is 4.73. The van der Waals surface area contributed by atoms with E-state index in [1.165, 1.54) is 6.07 Å². The van der Waals surface area contributed by atoms with Crippen molar-refractivity contribution < 1.29 is 14.7 Å². The summed E-state index contributed by atoms with van der Waals surface area (Å²) in [7, 11) is 0. The topological polar surface area (TPSA) is 92.4 Å². The van der Waals surface area contributed by atoms with Gasteiger partial charge in [0.15, 0.2) is 0 Å².